The lowest BCUT2D eigenvalue weighted by Crippen LogP contribution is -2.45. The van der Waals surface area contributed by atoms with Crippen LogP contribution in [0.3, 0.4) is 0 Å². The minimum Gasteiger partial charge on any atom is -0.463 e. The topological polar surface area (TPSA) is 80.3 Å². The Bertz CT molecular complexity index is 525. The second-order valence-electron chi connectivity index (χ2n) is 4.08. The summed E-state index contributed by atoms with van der Waals surface area (Å²) < 4.78 is 5.03. The first-order valence-corrected chi connectivity index (χ1v) is 5.98. The summed E-state index contributed by atoms with van der Waals surface area (Å²) in [5.41, 5.74) is 1.63. The number of urea groups is 1. The van der Waals surface area contributed by atoms with Crippen molar-refractivity contribution in [2.24, 2.45) is 0 Å². The summed E-state index contributed by atoms with van der Waals surface area (Å²) >= 11 is 0. The first-order valence-electron chi connectivity index (χ1n) is 5.98. The molecule has 19 heavy (non-hydrogen) atoms. The van der Waals surface area contributed by atoms with Crippen LogP contribution in [0.15, 0.2) is 35.8 Å². The number of aromatic nitrogens is 1. The van der Waals surface area contributed by atoms with E-state index in [0.29, 0.717) is 11.3 Å². The molecule has 2 rings (SSSR count). The molecule has 0 radical (unpaired) electrons. The second-order valence-corrected chi connectivity index (χ2v) is 4.08. The summed E-state index contributed by atoms with van der Waals surface area (Å²) in [6.45, 7) is 3.69. The molecule has 0 aliphatic carbocycles. The molecule has 2 N–H and O–H groups in total. The third-order valence-electron chi connectivity index (χ3n) is 2.78. The molecule has 100 valence electrons. The number of ether oxygens (including phenoxy) is 1. The predicted octanol–water partition coefficient (Wildman–Crippen LogP) is 1.27. The van der Waals surface area contributed by atoms with E-state index in [2.05, 4.69) is 15.6 Å². The van der Waals surface area contributed by atoms with Gasteiger partial charge < -0.3 is 15.4 Å². The van der Waals surface area contributed by atoms with Gasteiger partial charge in [0.25, 0.3) is 0 Å². The van der Waals surface area contributed by atoms with Crippen molar-refractivity contribution in [1.82, 2.24) is 15.6 Å². The quantitative estimate of drug-likeness (QED) is 0.803. The molecular formula is C13H15N3O3. The summed E-state index contributed by atoms with van der Waals surface area (Å²) in [4.78, 5) is 27.6. The molecule has 1 atom stereocenters. The van der Waals surface area contributed by atoms with E-state index in [4.69, 9.17) is 4.74 Å². The Morgan fingerprint density at radius 3 is 2.95 bits per heavy atom. The monoisotopic (exact) mass is 261 g/mol. The first kappa shape index (κ1) is 13.1. The van der Waals surface area contributed by atoms with E-state index in [9.17, 15) is 9.59 Å². The van der Waals surface area contributed by atoms with Gasteiger partial charge in [-0.2, -0.15) is 0 Å². The molecular weight excluding hydrogens is 246 g/mol. The van der Waals surface area contributed by atoms with Crippen molar-refractivity contribution in [3.63, 3.8) is 0 Å². The molecule has 2 amide bonds. The van der Waals surface area contributed by atoms with Gasteiger partial charge in [-0.3, -0.25) is 4.98 Å². The van der Waals surface area contributed by atoms with Gasteiger partial charge in [0.05, 0.1) is 18.2 Å². The van der Waals surface area contributed by atoms with Crippen LogP contribution in [0, 0.1) is 0 Å². The van der Waals surface area contributed by atoms with Crippen molar-refractivity contribution in [3.05, 3.63) is 41.4 Å². The molecule has 6 heteroatoms. The van der Waals surface area contributed by atoms with Crippen LogP contribution in [0.25, 0.3) is 0 Å². The van der Waals surface area contributed by atoms with Crippen LogP contribution < -0.4 is 10.6 Å². The molecule has 1 aromatic heterocycles. The largest absolute Gasteiger partial charge is 0.463 e. The molecule has 0 aromatic carbocycles. The summed E-state index contributed by atoms with van der Waals surface area (Å²) in [6, 6.07) is 2.66. The minimum absolute atomic E-state index is 0.281. The first-order chi connectivity index (χ1) is 9.13. The molecule has 0 spiro atoms. The molecule has 0 fully saturated rings. The lowest BCUT2D eigenvalue weighted by atomic mass is 9.97. The maximum Gasteiger partial charge on any atom is 0.338 e. The number of nitrogens with one attached hydrogen (secondary N) is 2. The normalized spacial score (nSPS) is 18.6. The molecule has 0 saturated carbocycles. The fourth-order valence-electron chi connectivity index (χ4n) is 1.97. The van der Waals surface area contributed by atoms with Gasteiger partial charge in [0, 0.05) is 18.1 Å². The van der Waals surface area contributed by atoms with Crippen LogP contribution in [-0.4, -0.2) is 23.6 Å². The summed E-state index contributed by atoms with van der Waals surface area (Å²) in [6.07, 6.45) is 3.25. The summed E-state index contributed by atoms with van der Waals surface area (Å²) in [5, 5.41) is 5.28. The highest BCUT2D eigenvalue weighted by atomic mass is 16.5. The van der Waals surface area contributed by atoms with E-state index in [1.807, 2.05) is 0 Å². The highest BCUT2D eigenvalue weighted by Gasteiger charge is 2.31. The van der Waals surface area contributed by atoms with Gasteiger partial charge in [0.1, 0.15) is 0 Å². The van der Waals surface area contributed by atoms with Crippen molar-refractivity contribution in [2.75, 3.05) is 6.61 Å². The Morgan fingerprint density at radius 1 is 1.53 bits per heavy atom. The third kappa shape index (κ3) is 2.73. The highest BCUT2D eigenvalue weighted by molar-refractivity contribution is 5.94. The third-order valence-corrected chi connectivity index (χ3v) is 2.78. The molecule has 6 nitrogen and oxygen atoms in total. The molecule has 0 bridgehead atoms. The van der Waals surface area contributed by atoms with E-state index in [0.717, 1.165) is 5.56 Å². The fraction of sp³-hybridized carbons (Fsp3) is 0.308. The summed E-state index contributed by atoms with van der Waals surface area (Å²) in [7, 11) is 0. The van der Waals surface area contributed by atoms with E-state index in [-0.39, 0.29) is 12.6 Å². The Kier molecular flexibility index (Phi) is 3.79. The van der Waals surface area contributed by atoms with Crippen molar-refractivity contribution < 1.29 is 14.3 Å². The van der Waals surface area contributed by atoms with Gasteiger partial charge in [0.2, 0.25) is 0 Å². The van der Waals surface area contributed by atoms with Crippen LogP contribution in [0.1, 0.15) is 25.5 Å². The number of amides is 2. The smallest absolute Gasteiger partial charge is 0.338 e. The lowest BCUT2D eigenvalue weighted by Gasteiger charge is -2.27. The number of rotatable bonds is 3. The molecule has 1 aliphatic rings. The van der Waals surface area contributed by atoms with Gasteiger partial charge >= 0.3 is 12.0 Å². The van der Waals surface area contributed by atoms with Crippen molar-refractivity contribution >= 4 is 12.0 Å². The number of carbonyl (C=O) groups is 2. The number of hydrogen-bond donors (Lipinski definition) is 2. The average molecular weight is 261 g/mol. The van der Waals surface area contributed by atoms with E-state index < -0.39 is 12.0 Å². The number of esters is 1. The van der Waals surface area contributed by atoms with Gasteiger partial charge in [0.15, 0.2) is 0 Å². The highest BCUT2D eigenvalue weighted by Crippen LogP contribution is 2.26. The standard InChI is InChI=1S/C13H15N3O3/c1-3-19-12(17)10-8(2)15-13(18)16-11(10)9-5-4-6-14-7-9/h4-7,11H,3H2,1-2H3,(H2,15,16,18)/t11-/m0/s1. The second kappa shape index (κ2) is 5.51. The van der Waals surface area contributed by atoms with Gasteiger partial charge in [-0.15, -0.1) is 0 Å². The summed E-state index contributed by atoms with van der Waals surface area (Å²) in [5.74, 6) is -0.443. The zero-order valence-corrected chi connectivity index (χ0v) is 10.8. The minimum atomic E-state index is -0.540. The maximum atomic E-state index is 12.0. The zero-order valence-electron chi connectivity index (χ0n) is 10.8. The van der Waals surface area contributed by atoms with Crippen molar-refractivity contribution in [2.45, 2.75) is 19.9 Å². The molecule has 2 heterocycles. The average Bonchev–Trinajstić information content (AvgIpc) is 2.39. The number of nitrogens with zero attached hydrogens (tertiary/aromatic N) is 1. The van der Waals surface area contributed by atoms with Gasteiger partial charge in [-0.05, 0) is 25.5 Å². The number of hydrogen-bond acceptors (Lipinski definition) is 4. The van der Waals surface area contributed by atoms with Crippen molar-refractivity contribution in [3.8, 4) is 0 Å². The Hall–Kier alpha value is -2.37. The van der Waals surface area contributed by atoms with Crippen LogP contribution >= 0.6 is 0 Å². The number of carbonyl (C=O) groups excluding carboxylic acids is 2. The SMILES string of the molecule is CCOC(=O)C1=C(C)NC(=O)N[C@H]1c1cccnc1. The molecule has 0 saturated heterocycles. The van der Waals surface area contributed by atoms with E-state index in [1.165, 1.54) is 0 Å². The van der Waals surface area contributed by atoms with Crippen molar-refractivity contribution in [1.29, 1.82) is 0 Å². The number of pyridine rings is 1. The van der Waals surface area contributed by atoms with E-state index in [1.54, 1.807) is 38.4 Å². The van der Waals surface area contributed by atoms with Gasteiger partial charge in [-0.25, -0.2) is 9.59 Å². The zero-order chi connectivity index (χ0) is 13.8. The number of allylic oxidation sites excluding steroid dienone is 1. The Morgan fingerprint density at radius 2 is 2.32 bits per heavy atom. The maximum absolute atomic E-state index is 12.0. The van der Waals surface area contributed by atoms with Gasteiger partial charge in [-0.1, -0.05) is 6.07 Å². The molecule has 1 aliphatic heterocycles. The van der Waals surface area contributed by atoms with E-state index >= 15 is 0 Å². The van der Waals surface area contributed by atoms with Crippen LogP contribution in [0.5, 0.6) is 0 Å². The lowest BCUT2D eigenvalue weighted by molar-refractivity contribution is -0.139. The Balaban J connectivity index is 2.41. The molecule has 0 unspecified atom stereocenters. The van der Waals surface area contributed by atoms with Crippen LogP contribution in [-0.2, 0) is 9.53 Å². The van der Waals surface area contributed by atoms with Crippen LogP contribution in [0.2, 0.25) is 0 Å². The fourth-order valence-corrected chi connectivity index (χ4v) is 1.97. The predicted molar refractivity (Wildman–Crippen MR) is 68.0 cm³/mol. The van der Waals surface area contributed by atoms with Crippen LogP contribution in [0.4, 0.5) is 4.79 Å². The Labute approximate surface area is 110 Å². The molecule has 1 aromatic rings.